The number of carbonyl (C=O) groups excluding carboxylic acids is 3. The monoisotopic (exact) mass is 775 g/mol. The second-order valence-electron chi connectivity index (χ2n) is 15.6. The normalized spacial score (nSPS) is 21.4. The number of halogens is 1. The summed E-state index contributed by atoms with van der Waals surface area (Å²) < 4.78 is 5.61. The number of hydrogen-bond acceptors (Lipinski definition) is 10. The van der Waals surface area contributed by atoms with E-state index in [1.54, 1.807) is 11.1 Å². The smallest absolute Gasteiger partial charge is 0.260 e. The SMILES string of the molecule is COc1nc(N2CCN(C3CCN(c4ccc(C5CCN(c6ccc(Cl)c7c(C#N)c[nH]c67)CC5)cc4)CC3)CC2)cc2c1C(=O)N(C1CCC(=O)NC1=O)C2. The van der Waals surface area contributed by atoms with Crippen LogP contribution in [0, 0.1) is 11.3 Å². The Morgan fingerprint density at radius 3 is 2.30 bits per heavy atom. The summed E-state index contributed by atoms with van der Waals surface area (Å²) >= 11 is 6.46. The Hall–Kier alpha value is -5.32. The molecule has 1 atom stereocenters. The molecule has 2 N–H and O–H groups in total. The summed E-state index contributed by atoms with van der Waals surface area (Å²) in [5, 5.41) is 13.3. The molecule has 0 aliphatic carbocycles. The third-order valence-corrected chi connectivity index (χ3v) is 13.0. The third-order valence-electron chi connectivity index (χ3n) is 12.7. The molecule has 4 aromatic rings. The molecule has 0 spiro atoms. The predicted molar refractivity (Wildman–Crippen MR) is 215 cm³/mol. The maximum Gasteiger partial charge on any atom is 0.260 e. The van der Waals surface area contributed by atoms with E-state index in [1.807, 2.05) is 12.1 Å². The molecule has 290 valence electrons. The zero-order valence-electron chi connectivity index (χ0n) is 31.6. The molecule has 56 heavy (non-hydrogen) atoms. The van der Waals surface area contributed by atoms with E-state index in [4.69, 9.17) is 21.3 Å². The van der Waals surface area contributed by atoms with Crippen LogP contribution in [0.4, 0.5) is 17.2 Å². The lowest BCUT2D eigenvalue weighted by atomic mass is 9.89. The van der Waals surface area contributed by atoms with E-state index in [0.717, 1.165) is 106 Å². The van der Waals surface area contributed by atoms with Gasteiger partial charge in [0.2, 0.25) is 17.7 Å². The maximum atomic E-state index is 13.4. The molecule has 4 fully saturated rings. The van der Waals surface area contributed by atoms with Crippen molar-refractivity contribution in [1.82, 2.24) is 25.1 Å². The number of anilines is 3. The molecule has 4 saturated heterocycles. The summed E-state index contributed by atoms with van der Waals surface area (Å²) in [5.74, 6) is 0.592. The summed E-state index contributed by atoms with van der Waals surface area (Å²) in [6.07, 6.45) is 6.68. The number of piperidine rings is 3. The van der Waals surface area contributed by atoms with Crippen LogP contribution in [0.15, 0.2) is 48.7 Å². The van der Waals surface area contributed by atoms with Crippen LogP contribution in [-0.4, -0.2) is 109 Å². The zero-order valence-corrected chi connectivity index (χ0v) is 32.4. The second kappa shape index (κ2) is 15.0. The summed E-state index contributed by atoms with van der Waals surface area (Å²) in [5.41, 5.74) is 6.56. The van der Waals surface area contributed by atoms with Gasteiger partial charge in [0, 0.05) is 88.6 Å². The number of benzene rings is 2. The first-order valence-electron chi connectivity index (χ1n) is 19.8. The number of amides is 3. The molecule has 5 aliphatic heterocycles. The summed E-state index contributed by atoms with van der Waals surface area (Å²) in [6, 6.07) is 17.3. The van der Waals surface area contributed by atoms with E-state index in [0.29, 0.717) is 41.1 Å². The molecule has 13 nitrogen and oxygen atoms in total. The third kappa shape index (κ3) is 6.58. The van der Waals surface area contributed by atoms with Crippen molar-refractivity contribution in [3.05, 3.63) is 75.9 Å². The van der Waals surface area contributed by atoms with Crippen LogP contribution < -0.4 is 24.8 Å². The van der Waals surface area contributed by atoms with Crippen LogP contribution in [0.1, 0.15) is 71.5 Å². The van der Waals surface area contributed by atoms with Crippen molar-refractivity contribution in [3.63, 3.8) is 0 Å². The number of rotatable bonds is 7. The number of methoxy groups -OCH3 is 1. The Balaban J connectivity index is 0.762. The van der Waals surface area contributed by atoms with Gasteiger partial charge in [-0.15, -0.1) is 0 Å². The molecule has 7 heterocycles. The first-order valence-corrected chi connectivity index (χ1v) is 20.2. The van der Waals surface area contributed by atoms with Gasteiger partial charge in [-0.2, -0.15) is 10.2 Å². The van der Waals surface area contributed by atoms with E-state index in [9.17, 15) is 19.6 Å². The van der Waals surface area contributed by atoms with E-state index in [2.05, 4.69) is 66.3 Å². The number of ether oxygens (including phenoxy) is 1. The molecule has 0 bridgehead atoms. The van der Waals surface area contributed by atoms with Gasteiger partial charge in [-0.05, 0) is 79.5 Å². The summed E-state index contributed by atoms with van der Waals surface area (Å²) in [7, 11) is 1.52. The molecule has 3 amide bonds. The molecule has 2 aromatic heterocycles. The van der Waals surface area contributed by atoms with Crippen LogP contribution in [0.2, 0.25) is 5.02 Å². The number of piperazine rings is 1. The minimum atomic E-state index is -0.676. The standard InChI is InChI=1S/C42H46ClN9O4/c1-56-41-38-28(25-52(42(38)55)34-8-9-36(53)47-40(34)54)22-35(46-41)51-20-18-49(19-21-51)31-12-16-48(17-13-31)30-4-2-26(3-5-30)27-10-14-50(15-11-27)33-7-6-32(43)37-29(23-44)24-45-39(33)37/h2-7,22,24,27,31,34,45H,8-21,25H2,1H3,(H,47,53,54). The number of aromatic nitrogens is 2. The predicted octanol–water partition coefficient (Wildman–Crippen LogP) is 5.03. The van der Waals surface area contributed by atoms with Gasteiger partial charge in [-0.1, -0.05) is 23.7 Å². The van der Waals surface area contributed by atoms with E-state index in [1.165, 1.54) is 18.4 Å². The Morgan fingerprint density at radius 2 is 1.61 bits per heavy atom. The largest absolute Gasteiger partial charge is 0.480 e. The van der Waals surface area contributed by atoms with Gasteiger partial charge in [0.15, 0.2) is 0 Å². The van der Waals surface area contributed by atoms with Gasteiger partial charge >= 0.3 is 0 Å². The first kappa shape index (κ1) is 36.3. The van der Waals surface area contributed by atoms with Crippen molar-refractivity contribution >= 4 is 57.4 Å². The van der Waals surface area contributed by atoms with Crippen LogP contribution in [0.3, 0.4) is 0 Å². The lowest BCUT2D eigenvalue weighted by molar-refractivity contribution is -0.136. The molecule has 0 saturated carbocycles. The molecule has 14 heteroatoms. The van der Waals surface area contributed by atoms with Crippen molar-refractivity contribution in [2.24, 2.45) is 0 Å². The lowest BCUT2D eigenvalue weighted by Gasteiger charge is -2.43. The molecule has 2 aromatic carbocycles. The number of pyridine rings is 1. The fourth-order valence-electron chi connectivity index (χ4n) is 9.61. The Labute approximate surface area is 331 Å². The number of H-pyrrole nitrogens is 1. The number of aromatic amines is 1. The van der Waals surface area contributed by atoms with Crippen LogP contribution >= 0.6 is 11.6 Å². The number of nitrogens with one attached hydrogen (secondary N) is 2. The highest BCUT2D eigenvalue weighted by Gasteiger charge is 2.42. The van der Waals surface area contributed by atoms with Crippen molar-refractivity contribution in [2.45, 2.75) is 63.1 Å². The average molecular weight is 776 g/mol. The highest BCUT2D eigenvalue weighted by atomic mass is 35.5. The lowest BCUT2D eigenvalue weighted by Crippen LogP contribution is -2.53. The van der Waals surface area contributed by atoms with Crippen LogP contribution in [-0.2, 0) is 16.1 Å². The number of nitriles is 1. The Kier molecular flexibility index (Phi) is 9.71. The molecular formula is C42H46ClN9O4. The average Bonchev–Trinajstić information content (AvgIpc) is 3.82. The molecule has 5 aliphatic rings. The van der Waals surface area contributed by atoms with Crippen LogP contribution in [0.25, 0.3) is 10.9 Å². The number of imide groups is 1. The molecular weight excluding hydrogens is 730 g/mol. The topological polar surface area (TPSA) is 141 Å². The number of hydrogen-bond donors (Lipinski definition) is 2. The van der Waals surface area contributed by atoms with Crippen molar-refractivity contribution < 1.29 is 19.1 Å². The number of carbonyl (C=O) groups is 3. The zero-order chi connectivity index (χ0) is 38.5. The van der Waals surface area contributed by atoms with Gasteiger partial charge in [0.05, 0.1) is 28.9 Å². The molecule has 1 unspecified atom stereocenters. The minimum absolute atomic E-state index is 0.215. The molecule has 9 rings (SSSR count). The maximum absolute atomic E-state index is 13.4. The van der Waals surface area contributed by atoms with E-state index < -0.39 is 11.9 Å². The summed E-state index contributed by atoms with van der Waals surface area (Å²) in [4.78, 5) is 57.1. The van der Waals surface area contributed by atoms with Gasteiger partial charge in [0.25, 0.3) is 5.91 Å². The molecule has 0 radical (unpaired) electrons. The van der Waals surface area contributed by atoms with Gasteiger partial charge in [-0.25, -0.2) is 0 Å². The number of fused-ring (bicyclic) bond motifs is 2. The second-order valence-corrected chi connectivity index (χ2v) is 16.1. The fraction of sp³-hybridized carbons (Fsp3) is 0.452. The Morgan fingerprint density at radius 1 is 0.875 bits per heavy atom. The highest BCUT2D eigenvalue weighted by molar-refractivity contribution is 6.36. The van der Waals surface area contributed by atoms with Crippen molar-refractivity contribution in [3.8, 4) is 11.9 Å². The number of nitrogens with zero attached hydrogens (tertiary/aromatic N) is 7. The summed E-state index contributed by atoms with van der Waals surface area (Å²) in [6.45, 7) is 7.81. The van der Waals surface area contributed by atoms with Gasteiger partial charge in [0.1, 0.15) is 23.5 Å². The highest BCUT2D eigenvalue weighted by Crippen LogP contribution is 2.39. The van der Waals surface area contributed by atoms with Crippen molar-refractivity contribution in [1.29, 1.82) is 5.26 Å². The van der Waals surface area contributed by atoms with Gasteiger partial charge < -0.3 is 29.3 Å². The van der Waals surface area contributed by atoms with E-state index >= 15 is 0 Å². The fourth-order valence-corrected chi connectivity index (χ4v) is 9.87. The van der Waals surface area contributed by atoms with Crippen molar-refractivity contribution in [2.75, 3.05) is 74.2 Å². The Bertz CT molecular complexity index is 2210. The van der Waals surface area contributed by atoms with E-state index in [-0.39, 0.29) is 24.1 Å². The van der Waals surface area contributed by atoms with Crippen LogP contribution in [0.5, 0.6) is 5.88 Å². The quantitative estimate of drug-likeness (QED) is 0.246. The minimum Gasteiger partial charge on any atom is -0.480 e. The van der Waals surface area contributed by atoms with Gasteiger partial charge in [-0.3, -0.25) is 24.6 Å². The first-order chi connectivity index (χ1) is 27.3.